The molecule has 0 aromatic heterocycles. The Morgan fingerprint density at radius 3 is 2.27 bits per heavy atom. The summed E-state index contributed by atoms with van der Waals surface area (Å²) in [4.78, 5) is 0. The maximum Gasteiger partial charge on any atom is 0.264 e. The van der Waals surface area contributed by atoms with Gasteiger partial charge in [-0.25, -0.2) is 0 Å². The van der Waals surface area contributed by atoms with Crippen LogP contribution in [-0.2, 0) is 20.9 Å². The molecule has 0 aliphatic rings. The zero-order valence-corrected chi connectivity index (χ0v) is 10.7. The molecule has 3 nitrogen and oxygen atoms in total. The molecule has 0 saturated carbocycles. The summed E-state index contributed by atoms with van der Waals surface area (Å²) in [5.74, 6) is 0. The molecule has 0 spiro atoms. The quantitative estimate of drug-likeness (QED) is 0.634. The largest absolute Gasteiger partial charge is 0.265 e. The van der Waals surface area contributed by atoms with Crippen LogP contribution in [0.25, 0.3) is 0 Å². The minimum Gasteiger partial charge on any atom is -0.265 e. The lowest BCUT2D eigenvalue weighted by Gasteiger charge is -2.07. The van der Waals surface area contributed by atoms with Crippen LogP contribution >= 0.6 is 34.8 Å². The first-order valence-corrected chi connectivity index (χ1v) is 6.73. The number of halogens is 3. The smallest absolute Gasteiger partial charge is 0.264 e. The van der Waals surface area contributed by atoms with Crippen molar-refractivity contribution >= 4 is 44.9 Å². The van der Waals surface area contributed by atoms with Crippen molar-refractivity contribution in [3.63, 3.8) is 0 Å². The van der Waals surface area contributed by atoms with E-state index in [9.17, 15) is 8.42 Å². The Morgan fingerprint density at radius 1 is 1.20 bits per heavy atom. The Labute approximate surface area is 103 Å². The van der Waals surface area contributed by atoms with Gasteiger partial charge in [0.25, 0.3) is 10.1 Å². The maximum atomic E-state index is 10.8. The fraction of sp³-hybridized carbons (Fsp3) is 0.250. The first-order chi connectivity index (χ1) is 6.81. The van der Waals surface area contributed by atoms with Gasteiger partial charge in [0.15, 0.2) is 0 Å². The molecule has 1 rings (SSSR count). The summed E-state index contributed by atoms with van der Waals surface area (Å²) in [6.45, 7) is -0.225. The van der Waals surface area contributed by atoms with Gasteiger partial charge in [-0.2, -0.15) is 8.42 Å². The maximum absolute atomic E-state index is 10.8. The summed E-state index contributed by atoms with van der Waals surface area (Å²) in [5.41, 5.74) is 0.358. The molecule has 1 aromatic carbocycles. The first-order valence-electron chi connectivity index (χ1n) is 3.78. The van der Waals surface area contributed by atoms with Crippen molar-refractivity contribution < 1.29 is 12.6 Å². The van der Waals surface area contributed by atoms with E-state index in [1.165, 1.54) is 12.1 Å². The third kappa shape index (κ3) is 3.81. The van der Waals surface area contributed by atoms with E-state index in [-0.39, 0.29) is 11.6 Å². The van der Waals surface area contributed by atoms with E-state index >= 15 is 0 Å². The van der Waals surface area contributed by atoms with E-state index < -0.39 is 10.1 Å². The van der Waals surface area contributed by atoms with E-state index in [1.54, 1.807) is 0 Å². The lowest BCUT2D eigenvalue weighted by molar-refractivity contribution is 0.312. The molecule has 0 fully saturated rings. The van der Waals surface area contributed by atoms with Crippen LogP contribution in [0.4, 0.5) is 0 Å². The van der Waals surface area contributed by atoms with Gasteiger partial charge in [0.05, 0.1) is 22.9 Å². The number of hydrogen-bond donors (Lipinski definition) is 0. The van der Waals surface area contributed by atoms with Crippen molar-refractivity contribution in [3.05, 3.63) is 32.8 Å². The molecule has 0 aliphatic heterocycles. The first kappa shape index (κ1) is 13.1. The van der Waals surface area contributed by atoms with Gasteiger partial charge in [-0.05, 0) is 12.1 Å². The predicted molar refractivity (Wildman–Crippen MR) is 61.1 cm³/mol. The van der Waals surface area contributed by atoms with Crippen molar-refractivity contribution in [2.45, 2.75) is 6.61 Å². The SMILES string of the molecule is CS(=O)(=O)OCc1c(Cl)ccc(Cl)c1Cl. The molecule has 0 atom stereocenters. The van der Waals surface area contributed by atoms with Crippen molar-refractivity contribution in [2.24, 2.45) is 0 Å². The summed E-state index contributed by atoms with van der Waals surface area (Å²) in [6.07, 6.45) is 0.944. The van der Waals surface area contributed by atoms with Gasteiger partial charge in [0, 0.05) is 10.6 Å². The fourth-order valence-electron chi connectivity index (χ4n) is 0.867. The van der Waals surface area contributed by atoms with Crippen molar-refractivity contribution in [1.82, 2.24) is 0 Å². The van der Waals surface area contributed by atoms with Gasteiger partial charge < -0.3 is 0 Å². The molecule has 84 valence electrons. The predicted octanol–water partition coefficient (Wildman–Crippen LogP) is 3.12. The molecule has 0 bridgehead atoms. The fourth-order valence-corrected chi connectivity index (χ4v) is 1.86. The van der Waals surface area contributed by atoms with E-state index in [4.69, 9.17) is 34.8 Å². The second-order valence-corrected chi connectivity index (χ2v) is 5.62. The zero-order chi connectivity index (χ0) is 11.6. The average Bonchev–Trinajstić information content (AvgIpc) is 2.10. The Kier molecular flexibility index (Phi) is 4.26. The highest BCUT2D eigenvalue weighted by atomic mass is 35.5. The third-order valence-electron chi connectivity index (χ3n) is 1.56. The average molecular weight is 290 g/mol. The molecule has 1 aromatic rings. The lowest BCUT2D eigenvalue weighted by atomic mass is 10.2. The molecule has 0 unspecified atom stereocenters. The monoisotopic (exact) mass is 288 g/mol. The molecular weight excluding hydrogens is 283 g/mol. The van der Waals surface area contributed by atoms with Gasteiger partial charge in [0.1, 0.15) is 0 Å². The summed E-state index contributed by atoms with van der Waals surface area (Å²) >= 11 is 17.4. The van der Waals surface area contributed by atoms with Crippen molar-refractivity contribution in [2.75, 3.05) is 6.26 Å². The zero-order valence-electron chi connectivity index (χ0n) is 7.63. The van der Waals surface area contributed by atoms with Gasteiger partial charge in [-0.3, -0.25) is 4.18 Å². The number of rotatable bonds is 3. The van der Waals surface area contributed by atoms with Gasteiger partial charge in [0.2, 0.25) is 0 Å². The Bertz CT molecular complexity index is 470. The molecular formula is C8H7Cl3O3S. The summed E-state index contributed by atoms with van der Waals surface area (Å²) in [6, 6.07) is 3.05. The lowest BCUT2D eigenvalue weighted by Crippen LogP contribution is -2.03. The van der Waals surface area contributed by atoms with E-state index in [1.807, 2.05) is 0 Å². The molecule has 0 radical (unpaired) electrons. The third-order valence-corrected chi connectivity index (χ3v) is 3.30. The Hall–Kier alpha value is -0.000000000000000167. The normalized spacial score (nSPS) is 11.7. The highest BCUT2D eigenvalue weighted by Crippen LogP contribution is 2.31. The Balaban J connectivity index is 2.99. The van der Waals surface area contributed by atoms with Crippen LogP contribution in [0.2, 0.25) is 15.1 Å². The van der Waals surface area contributed by atoms with Crippen LogP contribution in [0.5, 0.6) is 0 Å². The summed E-state index contributed by atoms with van der Waals surface area (Å²) in [7, 11) is -3.53. The van der Waals surface area contributed by atoms with Crippen LogP contribution in [-0.4, -0.2) is 14.7 Å². The van der Waals surface area contributed by atoms with E-state index in [2.05, 4.69) is 4.18 Å². The van der Waals surface area contributed by atoms with Crippen LogP contribution in [0.1, 0.15) is 5.56 Å². The van der Waals surface area contributed by atoms with Gasteiger partial charge in [-0.15, -0.1) is 0 Å². The number of hydrogen-bond acceptors (Lipinski definition) is 3. The van der Waals surface area contributed by atoms with Crippen LogP contribution in [0.15, 0.2) is 12.1 Å². The van der Waals surface area contributed by atoms with E-state index in [0.717, 1.165) is 6.26 Å². The van der Waals surface area contributed by atoms with Crippen molar-refractivity contribution in [3.8, 4) is 0 Å². The molecule has 0 amide bonds. The minimum atomic E-state index is -3.53. The highest BCUT2D eigenvalue weighted by molar-refractivity contribution is 7.85. The standard InChI is InChI=1S/C8H7Cl3O3S/c1-15(12,13)14-4-5-6(9)2-3-7(10)8(5)11/h2-3H,4H2,1H3. The number of benzene rings is 1. The highest BCUT2D eigenvalue weighted by Gasteiger charge is 2.12. The summed E-state index contributed by atoms with van der Waals surface area (Å²) in [5, 5.41) is 0.814. The van der Waals surface area contributed by atoms with Gasteiger partial charge >= 0.3 is 0 Å². The Morgan fingerprint density at radius 2 is 1.73 bits per heavy atom. The van der Waals surface area contributed by atoms with Gasteiger partial charge in [-0.1, -0.05) is 34.8 Å². The van der Waals surface area contributed by atoms with Crippen LogP contribution < -0.4 is 0 Å². The topological polar surface area (TPSA) is 43.4 Å². The summed E-state index contributed by atoms with van der Waals surface area (Å²) < 4.78 is 26.1. The second kappa shape index (κ2) is 4.89. The molecule has 0 aliphatic carbocycles. The second-order valence-electron chi connectivity index (χ2n) is 2.79. The molecule has 0 saturated heterocycles. The van der Waals surface area contributed by atoms with Crippen molar-refractivity contribution in [1.29, 1.82) is 0 Å². The molecule has 0 heterocycles. The van der Waals surface area contributed by atoms with Crippen LogP contribution in [0.3, 0.4) is 0 Å². The van der Waals surface area contributed by atoms with E-state index in [0.29, 0.717) is 15.6 Å². The minimum absolute atomic E-state index is 0.202. The molecule has 7 heteroatoms. The molecule has 0 N–H and O–H groups in total. The van der Waals surface area contributed by atoms with Crippen LogP contribution in [0, 0.1) is 0 Å². The molecule has 15 heavy (non-hydrogen) atoms.